The zero-order chi connectivity index (χ0) is 20.9. The quantitative estimate of drug-likeness (QED) is 0.291. The second-order valence-corrected chi connectivity index (χ2v) is 7.80. The van der Waals surface area contributed by atoms with Crippen molar-refractivity contribution in [1.82, 2.24) is 9.97 Å². The van der Waals surface area contributed by atoms with Crippen LogP contribution in [0.25, 0.3) is 33.8 Å². The fourth-order valence-corrected chi connectivity index (χ4v) is 3.68. The monoisotopic (exact) mass is 455 g/mol. The standard InChI is InChI=1S/C26H22BrN3/c1-3-23-25(28-4-2)24(30-26(29-23)19-13-15-22(27)16-14-19)21-12-8-11-20(17-21)18-9-6-5-7-10-18/h4-17H,3H2,1-2H3. The zero-order valence-electron chi connectivity index (χ0n) is 17.0. The van der Waals surface area contributed by atoms with Crippen molar-refractivity contribution in [2.75, 3.05) is 0 Å². The van der Waals surface area contributed by atoms with E-state index in [1.54, 1.807) is 0 Å². The van der Waals surface area contributed by atoms with Crippen LogP contribution in [0.2, 0.25) is 0 Å². The van der Waals surface area contributed by atoms with Gasteiger partial charge in [-0.1, -0.05) is 83.5 Å². The molecule has 0 amide bonds. The van der Waals surface area contributed by atoms with Crippen LogP contribution in [0.4, 0.5) is 5.69 Å². The molecular formula is C26H22BrN3. The molecule has 0 fully saturated rings. The highest BCUT2D eigenvalue weighted by Gasteiger charge is 2.16. The Kier molecular flexibility index (Phi) is 6.15. The lowest BCUT2D eigenvalue weighted by Gasteiger charge is -2.13. The van der Waals surface area contributed by atoms with Gasteiger partial charge in [-0.3, -0.25) is 4.99 Å². The number of halogens is 1. The van der Waals surface area contributed by atoms with Crippen molar-refractivity contribution in [2.24, 2.45) is 4.99 Å². The number of benzene rings is 3. The van der Waals surface area contributed by atoms with Gasteiger partial charge in [0.15, 0.2) is 5.82 Å². The molecule has 0 aliphatic heterocycles. The predicted octanol–water partition coefficient (Wildman–Crippen LogP) is 7.52. The van der Waals surface area contributed by atoms with Crippen LogP contribution in [-0.2, 0) is 6.42 Å². The summed E-state index contributed by atoms with van der Waals surface area (Å²) in [5.74, 6) is 0.717. The van der Waals surface area contributed by atoms with Crippen molar-refractivity contribution in [1.29, 1.82) is 0 Å². The van der Waals surface area contributed by atoms with Gasteiger partial charge in [0, 0.05) is 21.8 Å². The minimum atomic E-state index is 0.717. The van der Waals surface area contributed by atoms with Crippen molar-refractivity contribution in [3.05, 3.63) is 89.0 Å². The van der Waals surface area contributed by atoms with Gasteiger partial charge in [-0.05, 0) is 42.7 Å². The fourth-order valence-electron chi connectivity index (χ4n) is 3.42. The molecule has 3 aromatic carbocycles. The van der Waals surface area contributed by atoms with Gasteiger partial charge in [0.1, 0.15) is 11.4 Å². The topological polar surface area (TPSA) is 38.1 Å². The molecule has 30 heavy (non-hydrogen) atoms. The first kappa shape index (κ1) is 20.2. The highest BCUT2D eigenvalue weighted by atomic mass is 79.9. The summed E-state index contributed by atoms with van der Waals surface area (Å²) >= 11 is 3.50. The number of nitrogens with zero attached hydrogens (tertiary/aromatic N) is 3. The number of aryl methyl sites for hydroxylation is 1. The molecule has 1 aromatic heterocycles. The minimum absolute atomic E-state index is 0.717. The van der Waals surface area contributed by atoms with Crippen LogP contribution < -0.4 is 0 Å². The first-order chi connectivity index (χ1) is 14.7. The normalized spacial score (nSPS) is 11.2. The summed E-state index contributed by atoms with van der Waals surface area (Å²) in [6.07, 6.45) is 2.59. The van der Waals surface area contributed by atoms with E-state index >= 15 is 0 Å². The molecule has 1 heterocycles. The van der Waals surface area contributed by atoms with Gasteiger partial charge >= 0.3 is 0 Å². The van der Waals surface area contributed by atoms with Gasteiger partial charge in [0.2, 0.25) is 0 Å². The second-order valence-electron chi connectivity index (χ2n) is 6.89. The van der Waals surface area contributed by atoms with Crippen molar-refractivity contribution in [2.45, 2.75) is 20.3 Å². The molecule has 0 saturated carbocycles. The third kappa shape index (κ3) is 4.24. The molecule has 0 radical (unpaired) electrons. The zero-order valence-corrected chi connectivity index (χ0v) is 18.6. The van der Waals surface area contributed by atoms with E-state index in [4.69, 9.17) is 9.97 Å². The molecule has 0 aliphatic rings. The summed E-state index contributed by atoms with van der Waals surface area (Å²) in [6, 6.07) is 26.9. The molecule has 4 heteroatoms. The molecule has 148 valence electrons. The van der Waals surface area contributed by atoms with Crippen molar-refractivity contribution in [3.8, 4) is 33.8 Å². The number of aromatic nitrogens is 2. The van der Waals surface area contributed by atoms with Crippen molar-refractivity contribution < 1.29 is 0 Å². The Labute approximate surface area is 185 Å². The van der Waals surface area contributed by atoms with Crippen LogP contribution in [0.5, 0.6) is 0 Å². The van der Waals surface area contributed by atoms with Crippen molar-refractivity contribution in [3.63, 3.8) is 0 Å². The average molecular weight is 456 g/mol. The van der Waals surface area contributed by atoms with E-state index in [-0.39, 0.29) is 0 Å². The highest BCUT2D eigenvalue weighted by Crippen LogP contribution is 2.35. The first-order valence-corrected chi connectivity index (χ1v) is 10.8. The van der Waals surface area contributed by atoms with Crippen LogP contribution in [0, 0.1) is 0 Å². The van der Waals surface area contributed by atoms with Gasteiger partial charge in [0.25, 0.3) is 0 Å². The summed E-state index contributed by atoms with van der Waals surface area (Å²) < 4.78 is 1.03. The first-order valence-electron chi connectivity index (χ1n) is 10.0. The largest absolute Gasteiger partial charge is 0.257 e. The Bertz CT molecular complexity index is 1180. The maximum atomic E-state index is 4.96. The third-order valence-corrected chi connectivity index (χ3v) is 5.42. The van der Waals surface area contributed by atoms with Gasteiger partial charge in [-0.2, -0.15) is 0 Å². The smallest absolute Gasteiger partial charge is 0.160 e. The molecular weight excluding hydrogens is 434 g/mol. The second kappa shape index (κ2) is 9.14. The maximum absolute atomic E-state index is 4.96. The Balaban J connectivity index is 1.91. The van der Waals surface area contributed by atoms with E-state index in [1.807, 2.05) is 43.5 Å². The maximum Gasteiger partial charge on any atom is 0.160 e. The predicted molar refractivity (Wildman–Crippen MR) is 129 cm³/mol. The van der Waals surface area contributed by atoms with Crippen LogP contribution in [0.3, 0.4) is 0 Å². The van der Waals surface area contributed by atoms with E-state index in [1.165, 1.54) is 5.56 Å². The molecule has 0 aliphatic carbocycles. The fraction of sp³-hybridized carbons (Fsp3) is 0.115. The van der Waals surface area contributed by atoms with Crippen LogP contribution in [0.1, 0.15) is 19.5 Å². The molecule has 0 bridgehead atoms. The molecule has 4 aromatic rings. The summed E-state index contributed by atoms with van der Waals surface area (Å²) in [5, 5.41) is 0. The SMILES string of the molecule is CC=Nc1c(CC)nc(-c2ccc(Br)cc2)nc1-c1cccc(-c2ccccc2)c1. The lowest BCUT2D eigenvalue weighted by Crippen LogP contribution is -1.99. The summed E-state index contributed by atoms with van der Waals surface area (Å²) in [6.45, 7) is 4.03. The van der Waals surface area contributed by atoms with E-state index in [0.717, 1.165) is 50.5 Å². The summed E-state index contributed by atoms with van der Waals surface area (Å²) in [4.78, 5) is 14.4. The van der Waals surface area contributed by atoms with Gasteiger partial charge in [-0.15, -0.1) is 0 Å². The summed E-state index contributed by atoms with van der Waals surface area (Å²) in [5.41, 5.74) is 7.00. The third-order valence-electron chi connectivity index (χ3n) is 4.89. The number of hydrogen-bond acceptors (Lipinski definition) is 3. The Morgan fingerprint density at radius 3 is 2.20 bits per heavy atom. The molecule has 0 atom stereocenters. The Morgan fingerprint density at radius 1 is 0.800 bits per heavy atom. The van der Waals surface area contributed by atoms with Crippen LogP contribution in [-0.4, -0.2) is 16.2 Å². The lowest BCUT2D eigenvalue weighted by molar-refractivity contribution is 1.00. The van der Waals surface area contributed by atoms with Crippen LogP contribution >= 0.6 is 15.9 Å². The van der Waals surface area contributed by atoms with E-state index in [9.17, 15) is 0 Å². The van der Waals surface area contributed by atoms with E-state index < -0.39 is 0 Å². The molecule has 0 saturated heterocycles. The minimum Gasteiger partial charge on any atom is -0.257 e. The molecule has 4 rings (SSSR count). The van der Waals surface area contributed by atoms with E-state index in [2.05, 4.69) is 76.4 Å². The Hall–Kier alpha value is -3.11. The molecule has 0 N–H and O–H groups in total. The molecule has 3 nitrogen and oxygen atoms in total. The number of hydrogen-bond donors (Lipinski definition) is 0. The van der Waals surface area contributed by atoms with Gasteiger partial charge in [-0.25, -0.2) is 9.97 Å². The molecule has 0 spiro atoms. The average Bonchev–Trinajstić information content (AvgIpc) is 2.80. The summed E-state index contributed by atoms with van der Waals surface area (Å²) in [7, 11) is 0. The number of aliphatic imine (C=N–C) groups is 1. The Morgan fingerprint density at radius 2 is 1.50 bits per heavy atom. The number of rotatable bonds is 5. The van der Waals surface area contributed by atoms with Crippen molar-refractivity contribution >= 4 is 27.8 Å². The van der Waals surface area contributed by atoms with Gasteiger partial charge < -0.3 is 0 Å². The van der Waals surface area contributed by atoms with Gasteiger partial charge in [0.05, 0.1) is 5.69 Å². The van der Waals surface area contributed by atoms with E-state index in [0.29, 0.717) is 0 Å². The highest BCUT2D eigenvalue weighted by molar-refractivity contribution is 9.10. The van der Waals surface area contributed by atoms with Crippen LogP contribution in [0.15, 0.2) is 88.3 Å². The lowest BCUT2D eigenvalue weighted by atomic mass is 10.00. The molecule has 0 unspecified atom stereocenters.